The standard InChI is InChI=1S/C33H28ClFN2O2/c1-38-31-18-21(17-28(34)33(31)39-20-23-7-2-4-11-29(23)35)19-36-24-15-13-22(14-16-24)32-27-10-6-9-25(27)26-8-3-5-12-30(26)37-32/h2-9,11-19,25,27,32,37H,10,20H2,1H3/t25-,27+,32+/m1/s1. The maximum atomic E-state index is 14.0. The predicted octanol–water partition coefficient (Wildman–Crippen LogP) is 8.64. The highest BCUT2D eigenvalue weighted by Crippen LogP contribution is 2.49. The van der Waals surface area contributed by atoms with Gasteiger partial charge in [0.2, 0.25) is 0 Å². The number of nitrogens with one attached hydrogen (secondary N) is 1. The van der Waals surface area contributed by atoms with Gasteiger partial charge in [-0.15, -0.1) is 0 Å². The number of ether oxygens (including phenoxy) is 2. The molecule has 4 aromatic rings. The first-order chi connectivity index (χ1) is 19.1. The van der Waals surface area contributed by atoms with Crippen LogP contribution in [0.25, 0.3) is 0 Å². The van der Waals surface area contributed by atoms with Crippen LogP contribution in [0.5, 0.6) is 11.5 Å². The number of nitrogens with zero attached hydrogens (tertiary/aromatic N) is 1. The topological polar surface area (TPSA) is 42.8 Å². The summed E-state index contributed by atoms with van der Waals surface area (Å²) in [5.41, 5.74) is 5.90. The molecular formula is C33H28ClFN2O2. The zero-order valence-corrected chi connectivity index (χ0v) is 22.2. The highest BCUT2D eigenvalue weighted by atomic mass is 35.5. The van der Waals surface area contributed by atoms with Crippen molar-refractivity contribution in [1.29, 1.82) is 0 Å². The van der Waals surface area contributed by atoms with Gasteiger partial charge in [0, 0.05) is 23.4 Å². The van der Waals surface area contributed by atoms with Crippen molar-refractivity contribution in [3.8, 4) is 11.5 Å². The monoisotopic (exact) mass is 538 g/mol. The summed E-state index contributed by atoms with van der Waals surface area (Å²) < 4.78 is 25.3. The molecule has 1 aliphatic heterocycles. The van der Waals surface area contributed by atoms with E-state index in [4.69, 9.17) is 21.1 Å². The Morgan fingerprint density at radius 2 is 1.82 bits per heavy atom. The smallest absolute Gasteiger partial charge is 0.180 e. The van der Waals surface area contributed by atoms with Gasteiger partial charge in [-0.25, -0.2) is 4.39 Å². The van der Waals surface area contributed by atoms with Crippen LogP contribution in [0, 0.1) is 11.7 Å². The molecule has 4 aromatic carbocycles. The molecule has 0 unspecified atom stereocenters. The summed E-state index contributed by atoms with van der Waals surface area (Å²) in [6.45, 7) is 0.0433. The number of rotatable bonds is 7. The summed E-state index contributed by atoms with van der Waals surface area (Å²) in [5, 5.41) is 4.14. The Morgan fingerprint density at radius 1 is 1.03 bits per heavy atom. The Morgan fingerprint density at radius 3 is 2.64 bits per heavy atom. The number of methoxy groups -OCH3 is 1. The lowest BCUT2D eigenvalue weighted by atomic mass is 9.77. The van der Waals surface area contributed by atoms with Gasteiger partial charge in [0.1, 0.15) is 12.4 Å². The average Bonchev–Trinajstić information content (AvgIpc) is 3.46. The number of allylic oxidation sites excluding steroid dienone is 2. The van der Waals surface area contributed by atoms with Crippen LogP contribution in [-0.2, 0) is 6.61 Å². The average molecular weight is 539 g/mol. The van der Waals surface area contributed by atoms with Crippen LogP contribution in [0.15, 0.2) is 102 Å². The molecule has 196 valence electrons. The van der Waals surface area contributed by atoms with Gasteiger partial charge in [-0.1, -0.05) is 72.3 Å². The van der Waals surface area contributed by atoms with Crippen molar-refractivity contribution in [3.05, 3.63) is 130 Å². The van der Waals surface area contributed by atoms with Crippen LogP contribution in [0.1, 0.15) is 40.6 Å². The summed E-state index contributed by atoms with van der Waals surface area (Å²) >= 11 is 6.52. The molecule has 0 amide bonds. The van der Waals surface area contributed by atoms with E-state index in [1.165, 1.54) is 22.9 Å². The van der Waals surface area contributed by atoms with Crippen LogP contribution < -0.4 is 14.8 Å². The number of anilines is 1. The number of para-hydroxylation sites is 1. The number of hydrogen-bond acceptors (Lipinski definition) is 4. The van der Waals surface area contributed by atoms with Crippen LogP contribution in [-0.4, -0.2) is 13.3 Å². The van der Waals surface area contributed by atoms with Crippen LogP contribution in [0.3, 0.4) is 0 Å². The molecule has 0 aromatic heterocycles. The second-order valence-electron chi connectivity index (χ2n) is 9.83. The second kappa shape index (κ2) is 11.0. The molecule has 2 aliphatic rings. The first-order valence-corrected chi connectivity index (χ1v) is 13.4. The minimum absolute atomic E-state index is 0.0433. The van der Waals surface area contributed by atoms with E-state index >= 15 is 0 Å². The molecule has 0 saturated heterocycles. The lowest BCUT2D eigenvalue weighted by Gasteiger charge is -2.37. The van der Waals surface area contributed by atoms with E-state index in [9.17, 15) is 4.39 Å². The molecule has 0 bridgehead atoms. The lowest BCUT2D eigenvalue weighted by Crippen LogP contribution is -2.28. The summed E-state index contributed by atoms with van der Waals surface area (Å²) in [4.78, 5) is 4.65. The Bertz CT molecular complexity index is 1550. The Hall–Kier alpha value is -4.09. The van der Waals surface area contributed by atoms with Crippen molar-refractivity contribution < 1.29 is 13.9 Å². The van der Waals surface area contributed by atoms with Gasteiger partial charge < -0.3 is 14.8 Å². The van der Waals surface area contributed by atoms with E-state index in [0.717, 1.165) is 17.7 Å². The quantitative estimate of drug-likeness (QED) is 0.189. The minimum atomic E-state index is -0.328. The molecule has 6 rings (SSSR count). The fourth-order valence-electron chi connectivity index (χ4n) is 5.51. The van der Waals surface area contributed by atoms with Gasteiger partial charge in [0.15, 0.2) is 11.5 Å². The summed E-state index contributed by atoms with van der Waals surface area (Å²) in [6, 6.07) is 27.3. The normalized spacial score (nSPS) is 19.4. The maximum absolute atomic E-state index is 14.0. The molecule has 4 nitrogen and oxygen atoms in total. The molecule has 0 fully saturated rings. The molecule has 0 saturated carbocycles. The third-order valence-corrected chi connectivity index (χ3v) is 7.75. The SMILES string of the molecule is COc1cc(C=Nc2ccc([C@@H]3Nc4ccccc4[C@H]4C=CC[C@@H]43)cc2)cc(Cl)c1OCc1ccccc1F. The summed E-state index contributed by atoms with van der Waals surface area (Å²) in [7, 11) is 1.55. The van der Waals surface area contributed by atoms with Gasteiger partial charge in [0.25, 0.3) is 0 Å². The number of halogens is 2. The van der Waals surface area contributed by atoms with Crippen LogP contribution in [0.4, 0.5) is 15.8 Å². The largest absolute Gasteiger partial charge is 0.493 e. The van der Waals surface area contributed by atoms with E-state index in [1.54, 1.807) is 43.7 Å². The van der Waals surface area contributed by atoms with Crippen LogP contribution in [0.2, 0.25) is 5.02 Å². The highest BCUT2D eigenvalue weighted by molar-refractivity contribution is 6.32. The molecule has 1 N–H and O–H groups in total. The number of fused-ring (bicyclic) bond motifs is 3. The zero-order valence-electron chi connectivity index (χ0n) is 21.5. The Kier molecular flexibility index (Phi) is 7.08. The van der Waals surface area contributed by atoms with Crippen molar-refractivity contribution >= 4 is 29.2 Å². The van der Waals surface area contributed by atoms with E-state index < -0.39 is 0 Å². The molecule has 1 aliphatic carbocycles. The van der Waals surface area contributed by atoms with Gasteiger partial charge in [-0.2, -0.15) is 0 Å². The highest BCUT2D eigenvalue weighted by Gasteiger charge is 2.37. The van der Waals surface area contributed by atoms with Crippen molar-refractivity contribution in [3.63, 3.8) is 0 Å². The molecule has 6 heteroatoms. The minimum Gasteiger partial charge on any atom is -0.493 e. The van der Waals surface area contributed by atoms with Gasteiger partial charge >= 0.3 is 0 Å². The summed E-state index contributed by atoms with van der Waals surface area (Å²) in [6.07, 6.45) is 7.47. The third-order valence-electron chi connectivity index (χ3n) is 7.47. The van der Waals surface area contributed by atoms with Gasteiger partial charge in [-0.3, -0.25) is 4.99 Å². The molecule has 39 heavy (non-hydrogen) atoms. The lowest BCUT2D eigenvalue weighted by molar-refractivity contribution is 0.280. The second-order valence-corrected chi connectivity index (χ2v) is 10.2. The van der Waals surface area contributed by atoms with Gasteiger partial charge in [0.05, 0.1) is 23.9 Å². The zero-order chi connectivity index (χ0) is 26.8. The predicted molar refractivity (Wildman–Crippen MR) is 155 cm³/mol. The van der Waals surface area contributed by atoms with Gasteiger partial charge in [-0.05, 0) is 65.4 Å². The molecule has 1 heterocycles. The van der Waals surface area contributed by atoms with Crippen LogP contribution >= 0.6 is 11.6 Å². The molecule has 0 radical (unpaired) electrons. The van der Waals surface area contributed by atoms with Crippen molar-refractivity contribution in [1.82, 2.24) is 0 Å². The van der Waals surface area contributed by atoms with E-state index in [-0.39, 0.29) is 18.5 Å². The number of aliphatic imine (C=N–C) groups is 1. The fraction of sp³-hybridized carbons (Fsp3) is 0.182. The van der Waals surface area contributed by atoms with E-state index in [0.29, 0.717) is 33.9 Å². The number of hydrogen-bond donors (Lipinski definition) is 1. The molecular weight excluding hydrogens is 511 g/mol. The third kappa shape index (κ3) is 5.15. The Balaban J connectivity index is 1.17. The van der Waals surface area contributed by atoms with Crippen molar-refractivity contribution in [2.45, 2.75) is 25.0 Å². The molecule has 3 atom stereocenters. The first kappa shape index (κ1) is 25.2. The molecule has 0 spiro atoms. The summed E-state index contributed by atoms with van der Waals surface area (Å²) in [5.74, 6) is 1.45. The first-order valence-electron chi connectivity index (χ1n) is 13.0. The maximum Gasteiger partial charge on any atom is 0.180 e. The number of benzene rings is 4. The Labute approximate surface area is 232 Å². The van der Waals surface area contributed by atoms with Crippen molar-refractivity contribution in [2.75, 3.05) is 12.4 Å². The van der Waals surface area contributed by atoms with E-state index in [2.05, 4.69) is 58.9 Å². The van der Waals surface area contributed by atoms with Crippen molar-refractivity contribution in [2.24, 2.45) is 10.9 Å². The van der Waals surface area contributed by atoms with E-state index in [1.807, 2.05) is 12.1 Å². The fourth-order valence-corrected chi connectivity index (χ4v) is 5.78.